The van der Waals surface area contributed by atoms with Crippen LogP contribution in [-0.4, -0.2) is 52.8 Å². The van der Waals surface area contributed by atoms with E-state index in [0.717, 1.165) is 43.0 Å². The summed E-state index contributed by atoms with van der Waals surface area (Å²) in [5.41, 5.74) is 2.70. The normalized spacial score (nSPS) is 16.3. The zero-order chi connectivity index (χ0) is 18.3. The first kappa shape index (κ1) is 20.2. The number of amides is 1. The lowest BCUT2D eigenvalue weighted by atomic mass is 10.1. The van der Waals surface area contributed by atoms with Gasteiger partial charge in [0.05, 0.1) is 12.2 Å². The summed E-state index contributed by atoms with van der Waals surface area (Å²) in [6.45, 7) is 13.3. The average Bonchev–Trinajstić information content (AvgIpc) is 2.88. The molecule has 1 N–H and O–H groups in total. The Labute approximate surface area is 144 Å². The van der Waals surface area contributed by atoms with Gasteiger partial charge in [-0.15, -0.1) is 0 Å². The first-order valence-electron chi connectivity index (χ1n) is 8.48. The van der Waals surface area contributed by atoms with Gasteiger partial charge in [0, 0.05) is 31.6 Å². The van der Waals surface area contributed by atoms with Crippen molar-refractivity contribution in [1.82, 2.24) is 20.0 Å². The van der Waals surface area contributed by atoms with Crippen LogP contribution in [0.5, 0.6) is 0 Å². The molecule has 24 heavy (non-hydrogen) atoms. The molecule has 1 amide bonds. The van der Waals surface area contributed by atoms with E-state index in [0.29, 0.717) is 13.0 Å². The first-order chi connectivity index (χ1) is 11.3. The summed E-state index contributed by atoms with van der Waals surface area (Å²) in [6.07, 6.45) is 0.957. The second-order valence-electron chi connectivity index (χ2n) is 6.57. The molecule has 1 aromatic rings. The number of hydrogen-bond acceptors (Lipinski definition) is 5. The number of carbonyl (C=O) groups excluding carboxylic acids is 2. The Kier molecular flexibility index (Phi) is 7.41. The summed E-state index contributed by atoms with van der Waals surface area (Å²) >= 11 is 0. The fourth-order valence-corrected chi connectivity index (χ4v) is 2.48. The molecular formula is C17H30N4O3. The highest BCUT2D eigenvalue weighted by Crippen LogP contribution is 2.22. The van der Waals surface area contributed by atoms with E-state index in [1.165, 1.54) is 0 Å². The topological polar surface area (TPSA) is 76.5 Å². The van der Waals surface area contributed by atoms with E-state index >= 15 is 0 Å². The van der Waals surface area contributed by atoms with Crippen molar-refractivity contribution in [3.05, 3.63) is 17.0 Å². The van der Waals surface area contributed by atoms with Gasteiger partial charge in [0.25, 0.3) is 12.4 Å². The molecule has 0 atom stereocenters. The highest BCUT2D eigenvalue weighted by Gasteiger charge is 2.28. The molecule has 7 heteroatoms. The summed E-state index contributed by atoms with van der Waals surface area (Å²) in [7, 11) is 2.08. The third-order valence-corrected chi connectivity index (χ3v) is 3.52. The number of fused-ring (bicyclic) bond motifs is 3. The molecule has 1 aromatic heterocycles. The highest BCUT2D eigenvalue weighted by atomic mass is 16.5. The number of hydrogen-bond donors (Lipinski definition) is 1. The number of aromatic nitrogens is 2. The lowest BCUT2D eigenvalue weighted by molar-refractivity contribution is -0.138. The molecule has 2 aliphatic rings. The highest BCUT2D eigenvalue weighted by molar-refractivity contribution is 5.94. The molecule has 0 radical (unpaired) electrons. The van der Waals surface area contributed by atoms with Crippen LogP contribution in [0.2, 0.25) is 0 Å². The first-order valence-corrected chi connectivity index (χ1v) is 8.48. The van der Waals surface area contributed by atoms with Gasteiger partial charge in [0.2, 0.25) is 0 Å². The Morgan fingerprint density at radius 1 is 1.25 bits per heavy atom. The smallest absolute Gasteiger partial charge is 0.293 e. The molecule has 2 aliphatic heterocycles. The van der Waals surface area contributed by atoms with E-state index in [9.17, 15) is 9.59 Å². The summed E-state index contributed by atoms with van der Waals surface area (Å²) in [4.78, 5) is 23.6. The molecule has 0 aliphatic carbocycles. The van der Waals surface area contributed by atoms with Crippen LogP contribution in [0.1, 0.15) is 56.4 Å². The molecule has 3 rings (SSSR count). The number of carbonyl (C=O) groups is 2. The molecule has 0 saturated carbocycles. The molecule has 7 nitrogen and oxygen atoms in total. The minimum Gasteiger partial charge on any atom is -0.462 e. The quantitative estimate of drug-likeness (QED) is 0.787. The Morgan fingerprint density at radius 3 is 2.46 bits per heavy atom. The molecule has 0 aromatic carbocycles. The summed E-state index contributed by atoms with van der Waals surface area (Å²) < 4.78 is 6.41. The SMILES string of the molecule is CC.CC(C)(C)OC=O.CN1CCc2nn3c(c2C1)C(=O)NCC3. The molecule has 0 bridgehead atoms. The second kappa shape index (κ2) is 8.82. The van der Waals surface area contributed by atoms with Crippen molar-refractivity contribution in [2.45, 2.75) is 59.7 Å². The maximum Gasteiger partial charge on any atom is 0.293 e. The number of ether oxygens (including phenoxy) is 1. The molecule has 0 unspecified atom stereocenters. The number of likely N-dealkylation sites (N-methyl/N-ethyl adjacent to an activating group) is 1. The van der Waals surface area contributed by atoms with Gasteiger partial charge in [0.1, 0.15) is 11.3 Å². The van der Waals surface area contributed by atoms with Crippen molar-refractivity contribution < 1.29 is 14.3 Å². The number of nitrogens with one attached hydrogen (secondary N) is 1. The van der Waals surface area contributed by atoms with Crippen molar-refractivity contribution >= 4 is 12.4 Å². The van der Waals surface area contributed by atoms with E-state index < -0.39 is 0 Å². The van der Waals surface area contributed by atoms with Crippen LogP contribution in [-0.2, 0) is 29.0 Å². The third-order valence-electron chi connectivity index (χ3n) is 3.52. The minimum absolute atomic E-state index is 0.0327. The van der Waals surface area contributed by atoms with Crippen LogP contribution in [0.15, 0.2) is 0 Å². The van der Waals surface area contributed by atoms with Gasteiger partial charge in [-0.05, 0) is 27.8 Å². The van der Waals surface area contributed by atoms with Gasteiger partial charge in [-0.25, -0.2) is 0 Å². The number of nitrogens with zero attached hydrogens (tertiary/aromatic N) is 3. The largest absolute Gasteiger partial charge is 0.462 e. The summed E-state index contributed by atoms with van der Waals surface area (Å²) in [6, 6.07) is 0. The zero-order valence-electron chi connectivity index (χ0n) is 15.7. The Morgan fingerprint density at radius 2 is 1.92 bits per heavy atom. The van der Waals surface area contributed by atoms with Crippen molar-refractivity contribution in [2.24, 2.45) is 0 Å². The summed E-state index contributed by atoms with van der Waals surface area (Å²) in [5, 5.41) is 7.38. The van der Waals surface area contributed by atoms with E-state index in [1.54, 1.807) is 0 Å². The molecular weight excluding hydrogens is 308 g/mol. The van der Waals surface area contributed by atoms with Gasteiger partial charge in [-0.3, -0.25) is 14.3 Å². The predicted octanol–water partition coefficient (Wildman–Crippen LogP) is 1.60. The zero-order valence-corrected chi connectivity index (χ0v) is 15.7. The van der Waals surface area contributed by atoms with Gasteiger partial charge in [-0.2, -0.15) is 5.10 Å². The van der Waals surface area contributed by atoms with Crippen LogP contribution in [0.3, 0.4) is 0 Å². The maximum atomic E-state index is 11.7. The molecule has 3 heterocycles. The fourth-order valence-electron chi connectivity index (χ4n) is 2.48. The van der Waals surface area contributed by atoms with Crippen molar-refractivity contribution in [3.8, 4) is 0 Å². The fraction of sp³-hybridized carbons (Fsp3) is 0.706. The lowest BCUT2D eigenvalue weighted by Gasteiger charge is -2.22. The van der Waals surface area contributed by atoms with Crippen LogP contribution < -0.4 is 5.32 Å². The van der Waals surface area contributed by atoms with Crippen LogP contribution >= 0.6 is 0 Å². The Balaban J connectivity index is 0.000000274. The number of rotatable bonds is 1. The monoisotopic (exact) mass is 338 g/mol. The van der Waals surface area contributed by atoms with Crippen LogP contribution in [0, 0.1) is 0 Å². The van der Waals surface area contributed by atoms with Gasteiger partial charge >= 0.3 is 0 Å². The summed E-state index contributed by atoms with van der Waals surface area (Å²) in [5.74, 6) is 0.0327. The lowest BCUT2D eigenvalue weighted by Crippen LogP contribution is -2.36. The van der Waals surface area contributed by atoms with E-state index in [1.807, 2.05) is 39.3 Å². The van der Waals surface area contributed by atoms with Crippen molar-refractivity contribution in [1.29, 1.82) is 0 Å². The van der Waals surface area contributed by atoms with Crippen molar-refractivity contribution in [3.63, 3.8) is 0 Å². The molecule has 136 valence electrons. The van der Waals surface area contributed by atoms with Crippen molar-refractivity contribution in [2.75, 3.05) is 20.1 Å². The Hall–Kier alpha value is -1.89. The average molecular weight is 338 g/mol. The maximum absolute atomic E-state index is 11.7. The van der Waals surface area contributed by atoms with E-state index in [-0.39, 0.29) is 11.5 Å². The van der Waals surface area contributed by atoms with Gasteiger partial charge in [0.15, 0.2) is 0 Å². The van der Waals surface area contributed by atoms with E-state index in [2.05, 4.69) is 27.1 Å². The third kappa shape index (κ3) is 5.33. The minimum atomic E-state index is -0.318. The molecule has 0 saturated heterocycles. The predicted molar refractivity (Wildman–Crippen MR) is 92.8 cm³/mol. The van der Waals surface area contributed by atoms with Gasteiger partial charge in [-0.1, -0.05) is 13.8 Å². The van der Waals surface area contributed by atoms with Gasteiger partial charge < -0.3 is 15.0 Å². The Bertz CT molecular complexity index is 561. The standard InChI is InChI=1S/C10H14N4O.C5H10O2.C2H6/c1-13-4-2-8-7(6-13)9-10(15)11-3-5-14(9)12-8;1-5(2,3)7-4-6;1-2/h2-6H2,1H3,(H,11,15);4H,1-3H3;1-2H3. The second-order valence-corrected chi connectivity index (χ2v) is 6.57. The van der Waals surface area contributed by atoms with Crippen LogP contribution in [0.4, 0.5) is 0 Å². The molecule has 0 fully saturated rings. The van der Waals surface area contributed by atoms with E-state index in [4.69, 9.17) is 0 Å². The van der Waals surface area contributed by atoms with Crippen LogP contribution in [0.25, 0.3) is 0 Å². The molecule has 0 spiro atoms.